The molecule has 9 heteroatoms. The van der Waals surface area contributed by atoms with Crippen LogP contribution in [0, 0.1) is 6.92 Å². The first-order valence-electron chi connectivity index (χ1n) is 13.5. The third kappa shape index (κ3) is 6.42. The van der Waals surface area contributed by atoms with E-state index in [-0.39, 0.29) is 48.3 Å². The molecule has 1 aliphatic rings. The van der Waals surface area contributed by atoms with Gasteiger partial charge in [-0.05, 0) is 43.5 Å². The Morgan fingerprint density at radius 1 is 0.925 bits per heavy atom. The van der Waals surface area contributed by atoms with Crippen molar-refractivity contribution in [3.05, 3.63) is 101 Å². The van der Waals surface area contributed by atoms with Crippen LogP contribution in [0.2, 0.25) is 0 Å². The zero-order valence-corrected chi connectivity index (χ0v) is 23.9. The Hall–Kier alpha value is -3.98. The Kier molecular flexibility index (Phi) is 9.04. The lowest BCUT2D eigenvalue weighted by Gasteiger charge is -2.32. The van der Waals surface area contributed by atoms with E-state index < -0.39 is 27.9 Å². The largest absolute Gasteiger partial charge is 0.352 e. The molecular weight excluding hydrogens is 526 g/mol. The Morgan fingerprint density at radius 2 is 1.57 bits per heavy atom. The molecule has 1 N–H and O–H groups in total. The summed E-state index contributed by atoms with van der Waals surface area (Å²) in [6.07, 6.45) is 0.755. The van der Waals surface area contributed by atoms with E-state index in [1.807, 2.05) is 75.4 Å². The highest BCUT2D eigenvalue weighted by Gasteiger charge is 2.41. The van der Waals surface area contributed by atoms with Gasteiger partial charge in [0.1, 0.15) is 10.9 Å². The number of benzene rings is 3. The van der Waals surface area contributed by atoms with Crippen molar-refractivity contribution >= 4 is 27.7 Å². The van der Waals surface area contributed by atoms with Crippen LogP contribution in [0.15, 0.2) is 83.8 Å². The number of sulfonamides is 1. The maximum absolute atomic E-state index is 13.9. The van der Waals surface area contributed by atoms with E-state index in [4.69, 9.17) is 0 Å². The van der Waals surface area contributed by atoms with Crippen molar-refractivity contribution in [1.82, 2.24) is 14.5 Å². The lowest BCUT2D eigenvalue weighted by Crippen LogP contribution is -2.52. The number of fused-ring (bicyclic) bond motifs is 1. The molecular formula is C31H35N3O5S. The summed E-state index contributed by atoms with van der Waals surface area (Å²) in [5, 5.41) is 3.02. The molecule has 1 aliphatic heterocycles. The summed E-state index contributed by atoms with van der Waals surface area (Å²) in [7, 11) is -4.05. The quantitative estimate of drug-likeness (QED) is 0.380. The van der Waals surface area contributed by atoms with Gasteiger partial charge in [0.15, 0.2) is 0 Å². The van der Waals surface area contributed by atoms with Crippen LogP contribution < -0.4 is 5.32 Å². The van der Waals surface area contributed by atoms with Gasteiger partial charge >= 0.3 is 0 Å². The van der Waals surface area contributed by atoms with Gasteiger partial charge in [0.25, 0.3) is 15.9 Å². The molecule has 0 spiro atoms. The van der Waals surface area contributed by atoms with Gasteiger partial charge in [-0.15, -0.1) is 0 Å². The fourth-order valence-corrected chi connectivity index (χ4v) is 6.25. The third-order valence-corrected chi connectivity index (χ3v) is 9.03. The van der Waals surface area contributed by atoms with E-state index in [9.17, 15) is 22.8 Å². The Morgan fingerprint density at radius 3 is 2.23 bits per heavy atom. The van der Waals surface area contributed by atoms with Crippen LogP contribution in [0.5, 0.6) is 0 Å². The minimum atomic E-state index is -4.05. The normalized spacial score (nSPS) is 15.3. The van der Waals surface area contributed by atoms with E-state index in [0.29, 0.717) is 0 Å². The van der Waals surface area contributed by atoms with Crippen LogP contribution in [0.3, 0.4) is 0 Å². The predicted molar refractivity (Wildman–Crippen MR) is 153 cm³/mol. The number of hydrogen-bond donors (Lipinski definition) is 1. The molecule has 0 saturated heterocycles. The highest BCUT2D eigenvalue weighted by atomic mass is 32.2. The predicted octanol–water partition coefficient (Wildman–Crippen LogP) is 4.08. The van der Waals surface area contributed by atoms with E-state index in [0.717, 1.165) is 27.4 Å². The van der Waals surface area contributed by atoms with Gasteiger partial charge < -0.3 is 10.2 Å². The summed E-state index contributed by atoms with van der Waals surface area (Å²) in [5.74, 6) is -1.35. The van der Waals surface area contributed by atoms with Gasteiger partial charge in [-0.3, -0.25) is 14.4 Å². The molecule has 0 bridgehead atoms. The first kappa shape index (κ1) is 29.0. The van der Waals surface area contributed by atoms with E-state index in [1.54, 1.807) is 12.1 Å². The van der Waals surface area contributed by atoms with E-state index >= 15 is 0 Å². The summed E-state index contributed by atoms with van der Waals surface area (Å²) in [5.41, 5.74) is 2.89. The van der Waals surface area contributed by atoms with Crippen LogP contribution in [0.1, 0.15) is 53.7 Å². The first-order chi connectivity index (χ1) is 19.1. The molecule has 4 rings (SSSR count). The number of aryl methyl sites for hydroxylation is 1. The number of nitrogens with one attached hydrogen (secondary N) is 1. The second-order valence-electron chi connectivity index (χ2n) is 10.2. The summed E-state index contributed by atoms with van der Waals surface area (Å²) in [6, 6.07) is 22.3. The maximum atomic E-state index is 13.9. The highest BCUT2D eigenvalue weighted by Crippen LogP contribution is 2.30. The molecule has 0 aliphatic carbocycles. The molecule has 40 heavy (non-hydrogen) atoms. The number of hydrogen-bond acceptors (Lipinski definition) is 5. The molecule has 3 amide bonds. The third-order valence-electron chi connectivity index (χ3n) is 7.19. The topological polar surface area (TPSA) is 104 Å². The molecule has 0 fully saturated rings. The van der Waals surface area contributed by atoms with E-state index in [1.165, 1.54) is 17.0 Å². The van der Waals surface area contributed by atoms with Gasteiger partial charge in [-0.25, -0.2) is 12.7 Å². The number of amides is 3. The minimum absolute atomic E-state index is 0.0566. The monoisotopic (exact) mass is 561 g/mol. The van der Waals surface area contributed by atoms with Crippen LogP contribution in [0.25, 0.3) is 0 Å². The molecule has 8 nitrogen and oxygen atoms in total. The molecule has 2 atom stereocenters. The maximum Gasteiger partial charge on any atom is 0.269 e. The van der Waals surface area contributed by atoms with Crippen molar-refractivity contribution in [2.75, 3.05) is 6.54 Å². The van der Waals surface area contributed by atoms with Crippen LogP contribution in [-0.2, 0) is 32.6 Å². The molecule has 0 aromatic heterocycles. The molecule has 2 unspecified atom stereocenters. The number of carbonyl (C=O) groups excluding carboxylic acids is 3. The fourth-order valence-electron chi connectivity index (χ4n) is 4.68. The van der Waals surface area contributed by atoms with Crippen LogP contribution in [-0.4, -0.2) is 54.0 Å². The van der Waals surface area contributed by atoms with Crippen molar-refractivity contribution in [3.8, 4) is 0 Å². The van der Waals surface area contributed by atoms with Crippen LogP contribution >= 0.6 is 0 Å². The Balaban J connectivity index is 1.64. The lowest BCUT2D eigenvalue weighted by molar-refractivity contribution is -0.141. The SMILES string of the molecule is CCC(C)NC(=O)C(Cc1ccccc1)N(Cc1ccc(C)cc1)C(=O)CCN1C(=O)c2ccccc2S1(=O)=O. The van der Waals surface area contributed by atoms with Gasteiger partial charge in [0.2, 0.25) is 11.8 Å². The molecule has 1 heterocycles. The van der Waals surface area contributed by atoms with Crippen molar-refractivity contribution in [3.63, 3.8) is 0 Å². The minimum Gasteiger partial charge on any atom is -0.352 e. The molecule has 3 aromatic rings. The van der Waals surface area contributed by atoms with Gasteiger partial charge in [-0.2, -0.15) is 0 Å². The Bertz CT molecular complexity index is 1470. The first-order valence-corrected chi connectivity index (χ1v) is 14.9. The summed E-state index contributed by atoms with van der Waals surface area (Å²) in [4.78, 5) is 41.8. The summed E-state index contributed by atoms with van der Waals surface area (Å²) >= 11 is 0. The molecule has 3 aromatic carbocycles. The average molecular weight is 562 g/mol. The number of carbonyl (C=O) groups is 3. The van der Waals surface area contributed by atoms with Crippen molar-refractivity contribution < 1.29 is 22.8 Å². The zero-order valence-electron chi connectivity index (χ0n) is 23.0. The molecule has 210 valence electrons. The molecule has 0 radical (unpaired) electrons. The zero-order chi connectivity index (χ0) is 28.9. The molecule has 0 saturated carbocycles. The second-order valence-corrected chi connectivity index (χ2v) is 12.0. The standard InChI is InChI=1S/C31H35N3O5S/c1-4-23(3)32-30(36)27(20-24-10-6-5-7-11-24)33(21-25-16-14-22(2)15-17-25)29(35)18-19-34-31(37)26-12-8-9-13-28(26)40(34,38)39/h5-17,23,27H,4,18-21H2,1-3H3,(H,32,36). The Labute approximate surface area is 236 Å². The summed E-state index contributed by atoms with van der Waals surface area (Å²) in [6.45, 7) is 5.69. The second kappa shape index (κ2) is 12.5. The van der Waals surface area contributed by atoms with Crippen LogP contribution in [0.4, 0.5) is 0 Å². The van der Waals surface area contributed by atoms with Crippen molar-refractivity contribution in [1.29, 1.82) is 0 Å². The van der Waals surface area contributed by atoms with Crippen molar-refractivity contribution in [2.24, 2.45) is 0 Å². The lowest BCUT2D eigenvalue weighted by atomic mass is 10.0. The van der Waals surface area contributed by atoms with E-state index in [2.05, 4.69) is 5.32 Å². The van der Waals surface area contributed by atoms with Gasteiger partial charge in [0.05, 0.1) is 5.56 Å². The smallest absolute Gasteiger partial charge is 0.269 e. The number of nitrogens with zero attached hydrogens (tertiary/aromatic N) is 2. The van der Waals surface area contributed by atoms with Gasteiger partial charge in [0, 0.05) is 32.0 Å². The number of rotatable bonds is 11. The van der Waals surface area contributed by atoms with Crippen molar-refractivity contribution in [2.45, 2.75) is 63.6 Å². The fraction of sp³-hybridized carbons (Fsp3) is 0.323. The van der Waals surface area contributed by atoms with Gasteiger partial charge in [-0.1, -0.05) is 79.2 Å². The average Bonchev–Trinajstić information content (AvgIpc) is 3.15. The summed E-state index contributed by atoms with van der Waals surface area (Å²) < 4.78 is 26.9. The highest BCUT2D eigenvalue weighted by molar-refractivity contribution is 7.90.